The number of phenols is 1. The van der Waals surface area contributed by atoms with Crippen LogP contribution in [0.3, 0.4) is 0 Å². The summed E-state index contributed by atoms with van der Waals surface area (Å²) in [5, 5.41) is 17.9. The minimum absolute atomic E-state index is 0.0954. The number of hydrogen-bond donors (Lipinski definition) is 2. The lowest BCUT2D eigenvalue weighted by molar-refractivity contribution is 0.0601. The molecule has 1 atom stereocenters. The molecule has 0 radical (unpaired) electrons. The van der Waals surface area contributed by atoms with Crippen LogP contribution in [0.1, 0.15) is 67.7 Å². The number of phenolic OH excluding ortho intramolecular Hbond substituents is 1. The quantitative estimate of drug-likeness (QED) is 0.376. The Balaban J connectivity index is 1.68. The number of unbranched alkanes of at least 4 members (excludes halogenated alkanes) is 1. The number of nitrogens with one attached hydrogen (secondary N) is 1. The van der Waals surface area contributed by atoms with Crippen LogP contribution >= 0.6 is 0 Å². The molecule has 0 aliphatic carbocycles. The van der Waals surface area contributed by atoms with E-state index in [0.717, 1.165) is 36.1 Å². The third-order valence-corrected chi connectivity index (χ3v) is 5.98. The Labute approximate surface area is 200 Å². The number of carbonyl (C=O) groups excluding carboxylic acids is 1. The third kappa shape index (κ3) is 4.94. The van der Waals surface area contributed by atoms with E-state index in [-0.39, 0.29) is 23.8 Å². The fourth-order valence-electron chi connectivity index (χ4n) is 4.29. The summed E-state index contributed by atoms with van der Waals surface area (Å²) in [7, 11) is 0. The van der Waals surface area contributed by atoms with Gasteiger partial charge < -0.3 is 19.5 Å². The van der Waals surface area contributed by atoms with Gasteiger partial charge in [0, 0.05) is 24.3 Å². The van der Waals surface area contributed by atoms with Crippen molar-refractivity contribution in [3.05, 3.63) is 65.4 Å². The molecule has 0 spiro atoms. The molecule has 0 saturated heterocycles. The Morgan fingerprint density at radius 2 is 1.85 bits per heavy atom. The van der Waals surface area contributed by atoms with Gasteiger partial charge in [0.25, 0.3) is 5.91 Å². The summed E-state index contributed by atoms with van der Waals surface area (Å²) in [6.07, 6.45) is 2.96. The van der Waals surface area contributed by atoms with Crippen LogP contribution in [-0.2, 0) is 4.74 Å². The first kappa shape index (κ1) is 23.8. The molecular formula is C27H33N3O4. The van der Waals surface area contributed by atoms with E-state index >= 15 is 0 Å². The van der Waals surface area contributed by atoms with Crippen LogP contribution in [0.15, 0.2) is 48.5 Å². The van der Waals surface area contributed by atoms with Gasteiger partial charge in [-0.15, -0.1) is 0 Å². The van der Waals surface area contributed by atoms with E-state index in [1.54, 1.807) is 12.1 Å². The van der Waals surface area contributed by atoms with Crippen molar-refractivity contribution < 1.29 is 19.4 Å². The van der Waals surface area contributed by atoms with Crippen LogP contribution in [-0.4, -0.2) is 52.0 Å². The van der Waals surface area contributed by atoms with Gasteiger partial charge in [-0.1, -0.05) is 37.6 Å². The number of hydrogen-bond acceptors (Lipinski definition) is 5. The molecule has 7 nitrogen and oxygen atoms in total. The van der Waals surface area contributed by atoms with Crippen molar-refractivity contribution in [2.45, 2.75) is 52.2 Å². The molecule has 2 heterocycles. The summed E-state index contributed by atoms with van der Waals surface area (Å²) in [5.41, 5.74) is 3.42. The minimum Gasteiger partial charge on any atom is -0.507 e. The number of ether oxygens (including phenoxy) is 2. The number of rotatable bonds is 11. The number of aromatic nitrogens is 2. The lowest BCUT2D eigenvalue weighted by Gasteiger charge is -2.26. The van der Waals surface area contributed by atoms with Crippen molar-refractivity contribution in [1.29, 1.82) is 0 Å². The zero-order valence-electron chi connectivity index (χ0n) is 20.1. The summed E-state index contributed by atoms with van der Waals surface area (Å²) in [4.78, 5) is 15.3. The molecule has 0 unspecified atom stereocenters. The predicted molar refractivity (Wildman–Crippen MR) is 131 cm³/mol. The van der Waals surface area contributed by atoms with Crippen LogP contribution in [0.4, 0.5) is 0 Å². The maximum Gasteiger partial charge on any atom is 0.273 e. The van der Waals surface area contributed by atoms with Crippen molar-refractivity contribution in [2.24, 2.45) is 0 Å². The number of para-hydroxylation sites is 1. The fraction of sp³-hybridized carbons (Fsp3) is 0.407. The van der Waals surface area contributed by atoms with Crippen LogP contribution in [0, 0.1) is 0 Å². The number of fused-ring (bicyclic) bond motifs is 1. The maximum absolute atomic E-state index is 13.4. The van der Waals surface area contributed by atoms with Gasteiger partial charge in [0.1, 0.15) is 22.9 Å². The lowest BCUT2D eigenvalue weighted by Crippen LogP contribution is -2.31. The second-order valence-corrected chi connectivity index (χ2v) is 8.82. The number of amides is 1. The average Bonchev–Trinajstić information content (AvgIpc) is 3.37. The van der Waals surface area contributed by atoms with Gasteiger partial charge in [0.05, 0.1) is 18.8 Å². The summed E-state index contributed by atoms with van der Waals surface area (Å²) >= 11 is 0. The maximum atomic E-state index is 13.4. The number of carbonyl (C=O) groups is 1. The molecule has 0 saturated carbocycles. The number of aromatic hydroxyl groups is 1. The van der Waals surface area contributed by atoms with Gasteiger partial charge in [-0.3, -0.25) is 9.89 Å². The second-order valence-electron chi connectivity index (χ2n) is 8.82. The Kier molecular flexibility index (Phi) is 7.53. The van der Waals surface area contributed by atoms with Crippen molar-refractivity contribution in [1.82, 2.24) is 15.1 Å². The van der Waals surface area contributed by atoms with Crippen LogP contribution in [0.2, 0.25) is 0 Å². The molecule has 7 heteroatoms. The molecule has 2 N–H and O–H groups in total. The van der Waals surface area contributed by atoms with Crippen molar-refractivity contribution in [3.63, 3.8) is 0 Å². The third-order valence-electron chi connectivity index (χ3n) is 5.98. The highest BCUT2D eigenvalue weighted by Gasteiger charge is 2.42. The molecule has 2 aromatic carbocycles. The highest BCUT2D eigenvalue weighted by atomic mass is 16.5. The Morgan fingerprint density at radius 3 is 2.56 bits per heavy atom. The van der Waals surface area contributed by atoms with Crippen LogP contribution in [0.5, 0.6) is 11.5 Å². The average molecular weight is 464 g/mol. The highest BCUT2D eigenvalue weighted by molar-refractivity contribution is 6.00. The number of H-pyrrole nitrogens is 1. The van der Waals surface area contributed by atoms with E-state index < -0.39 is 0 Å². The highest BCUT2D eigenvalue weighted by Crippen LogP contribution is 2.44. The molecule has 1 aliphatic rings. The number of nitrogens with zero attached hydrogens (tertiary/aromatic N) is 2. The molecule has 34 heavy (non-hydrogen) atoms. The van der Waals surface area contributed by atoms with Crippen molar-refractivity contribution in [2.75, 3.05) is 19.8 Å². The first-order chi connectivity index (χ1) is 16.5. The molecule has 4 rings (SSSR count). The molecule has 180 valence electrons. The van der Waals surface area contributed by atoms with E-state index in [0.29, 0.717) is 36.7 Å². The Hall–Kier alpha value is -3.32. The zero-order valence-corrected chi connectivity index (χ0v) is 20.1. The van der Waals surface area contributed by atoms with Gasteiger partial charge in [0.2, 0.25) is 0 Å². The van der Waals surface area contributed by atoms with Crippen LogP contribution in [0.25, 0.3) is 11.3 Å². The molecule has 0 fully saturated rings. The number of aromatic amines is 1. The summed E-state index contributed by atoms with van der Waals surface area (Å²) < 4.78 is 11.5. The predicted octanol–water partition coefficient (Wildman–Crippen LogP) is 5.32. The molecule has 3 aromatic rings. The Bertz CT molecular complexity index is 1110. The monoisotopic (exact) mass is 463 g/mol. The molecular weight excluding hydrogens is 430 g/mol. The molecule has 0 bridgehead atoms. The van der Waals surface area contributed by atoms with Gasteiger partial charge in [-0.25, -0.2) is 0 Å². The molecule has 1 aromatic heterocycles. The largest absolute Gasteiger partial charge is 0.507 e. The zero-order chi connectivity index (χ0) is 24.1. The van der Waals surface area contributed by atoms with Crippen molar-refractivity contribution in [3.8, 4) is 22.8 Å². The van der Waals surface area contributed by atoms with E-state index in [4.69, 9.17) is 9.47 Å². The Morgan fingerprint density at radius 1 is 1.09 bits per heavy atom. The van der Waals surface area contributed by atoms with Gasteiger partial charge in [-0.05, 0) is 56.5 Å². The summed E-state index contributed by atoms with van der Waals surface area (Å²) in [6.45, 7) is 7.95. The van der Waals surface area contributed by atoms with E-state index in [1.807, 2.05) is 55.1 Å². The topological polar surface area (TPSA) is 87.7 Å². The first-order valence-corrected chi connectivity index (χ1v) is 12.0. The van der Waals surface area contributed by atoms with Crippen LogP contribution < -0.4 is 4.74 Å². The fourth-order valence-corrected chi connectivity index (χ4v) is 4.29. The SMILES string of the molecule is CCCCOc1ccc([C@@H]2c3c(-c4ccccc4O)n[nH]c3C(=O)N2CCCOC(C)C)cc1. The standard InChI is InChI=1S/C27H33N3O4/c1-4-5-16-34-20-13-11-19(12-14-20)26-23-24(21-9-6-7-10-22(21)31)28-29-25(23)27(32)30(26)15-8-17-33-18(2)3/h6-7,9-14,18,26,31H,4-5,8,15-17H2,1-3H3,(H,28,29)/t26-/m1/s1. The summed E-state index contributed by atoms with van der Waals surface area (Å²) in [5.74, 6) is 0.847. The van der Waals surface area contributed by atoms with Gasteiger partial charge in [-0.2, -0.15) is 5.10 Å². The number of benzene rings is 2. The summed E-state index contributed by atoms with van der Waals surface area (Å²) in [6, 6.07) is 14.7. The van der Waals surface area contributed by atoms with Crippen molar-refractivity contribution >= 4 is 5.91 Å². The minimum atomic E-state index is -0.320. The first-order valence-electron chi connectivity index (χ1n) is 12.0. The second kappa shape index (κ2) is 10.7. The molecule has 1 amide bonds. The van der Waals surface area contributed by atoms with E-state index in [2.05, 4.69) is 17.1 Å². The normalized spacial score (nSPS) is 15.2. The van der Waals surface area contributed by atoms with E-state index in [1.165, 1.54) is 0 Å². The van der Waals surface area contributed by atoms with Gasteiger partial charge in [0.15, 0.2) is 0 Å². The smallest absolute Gasteiger partial charge is 0.273 e. The van der Waals surface area contributed by atoms with E-state index in [9.17, 15) is 9.90 Å². The van der Waals surface area contributed by atoms with Gasteiger partial charge >= 0.3 is 0 Å². The molecule has 1 aliphatic heterocycles. The lowest BCUT2D eigenvalue weighted by atomic mass is 9.95.